The van der Waals surface area contributed by atoms with Crippen LogP contribution in [0, 0.1) is 0 Å². The fourth-order valence-corrected chi connectivity index (χ4v) is 3.31. The van der Waals surface area contributed by atoms with E-state index in [2.05, 4.69) is 41.8 Å². The number of hydrogen-bond acceptors (Lipinski definition) is 3. The highest BCUT2D eigenvalue weighted by molar-refractivity contribution is 5.40. The summed E-state index contributed by atoms with van der Waals surface area (Å²) in [5.41, 5.74) is 8.06. The molecular weight excluding hydrogens is 246 g/mol. The van der Waals surface area contributed by atoms with E-state index < -0.39 is 0 Å². The lowest BCUT2D eigenvalue weighted by molar-refractivity contribution is 0.210. The van der Waals surface area contributed by atoms with Crippen LogP contribution in [-0.2, 0) is 6.42 Å². The summed E-state index contributed by atoms with van der Waals surface area (Å²) >= 11 is 0. The normalized spacial score (nSPS) is 19.9. The van der Waals surface area contributed by atoms with Crippen molar-refractivity contribution in [3.05, 3.63) is 29.8 Å². The van der Waals surface area contributed by atoms with Crippen LogP contribution in [0.15, 0.2) is 24.3 Å². The van der Waals surface area contributed by atoms with Gasteiger partial charge in [-0.15, -0.1) is 0 Å². The number of aryl methyl sites for hydroxylation is 1. The second-order valence-electron chi connectivity index (χ2n) is 5.81. The summed E-state index contributed by atoms with van der Waals surface area (Å²) in [6.45, 7) is 10.6. The van der Waals surface area contributed by atoms with Gasteiger partial charge in [0.2, 0.25) is 0 Å². The molecule has 3 nitrogen and oxygen atoms in total. The van der Waals surface area contributed by atoms with Gasteiger partial charge in [0.25, 0.3) is 0 Å². The maximum Gasteiger partial charge on any atom is 0.0316 e. The summed E-state index contributed by atoms with van der Waals surface area (Å²) in [4.78, 5) is 5.22. The summed E-state index contributed by atoms with van der Waals surface area (Å²) in [6.07, 6.45) is 3.70. The van der Waals surface area contributed by atoms with Crippen molar-refractivity contribution in [1.82, 2.24) is 9.80 Å². The zero-order chi connectivity index (χ0) is 14.4. The van der Waals surface area contributed by atoms with Crippen molar-refractivity contribution in [1.29, 1.82) is 0 Å². The van der Waals surface area contributed by atoms with Crippen molar-refractivity contribution in [3.8, 4) is 0 Å². The molecule has 112 valence electrons. The first-order chi connectivity index (χ1) is 9.72. The van der Waals surface area contributed by atoms with Gasteiger partial charge >= 0.3 is 0 Å². The Morgan fingerprint density at radius 3 is 2.80 bits per heavy atom. The van der Waals surface area contributed by atoms with E-state index >= 15 is 0 Å². The Bertz CT molecular complexity index is 401. The van der Waals surface area contributed by atoms with Gasteiger partial charge in [0.1, 0.15) is 0 Å². The lowest BCUT2D eigenvalue weighted by Crippen LogP contribution is -2.37. The molecule has 0 aliphatic carbocycles. The highest BCUT2D eigenvalue weighted by Gasteiger charge is 2.25. The van der Waals surface area contributed by atoms with Crippen LogP contribution in [0.25, 0.3) is 0 Å². The van der Waals surface area contributed by atoms with Gasteiger partial charge in [0, 0.05) is 18.3 Å². The molecule has 2 N–H and O–H groups in total. The fourth-order valence-electron chi connectivity index (χ4n) is 3.31. The lowest BCUT2D eigenvalue weighted by atomic mass is 10.1. The molecule has 0 aromatic heterocycles. The quantitative estimate of drug-likeness (QED) is 0.776. The zero-order valence-electron chi connectivity index (χ0n) is 13.0. The van der Waals surface area contributed by atoms with Crippen LogP contribution in [0.3, 0.4) is 0 Å². The number of likely N-dealkylation sites (tertiary alicyclic amines) is 1. The van der Waals surface area contributed by atoms with Crippen LogP contribution in [0.2, 0.25) is 0 Å². The van der Waals surface area contributed by atoms with E-state index in [0.29, 0.717) is 0 Å². The predicted molar refractivity (Wildman–Crippen MR) is 86.9 cm³/mol. The highest BCUT2D eigenvalue weighted by Crippen LogP contribution is 2.16. The first-order valence-electron chi connectivity index (χ1n) is 8.03. The number of anilines is 1. The standard InChI is InChI=1S/C17H29N3/c1-3-20(4-2)17-10-12-19(14-17)11-6-8-15-7-5-9-16(18)13-15/h5,7,9,13,17H,3-4,6,8,10-12,14,18H2,1-2H3. The van der Waals surface area contributed by atoms with E-state index in [-0.39, 0.29) is 0 Å². The molecule has 0 amide bonds. The second kappa shape index (κ2) is 7.65. The van der Waals surface area contributed by atoms with E-state index in [1.807, 2.05) is 6.07 Å². The summed E-state index contributed by atoms with van der Waals surface area (Å²) < 4.78 is 0. The van der Waals surface area contributed by atoms with Crippen LogP contribution < -0.4 is 5.73 Å². The van der Waals surface area contributed by atoms with Gasteiger partial charge in [-0.1, -0.05) is 26.0 Å². The summed E-state index contributed by atoms with van der Waals surface area (Å²) in [7, 11) is 0. The topological polar surface area (TPSA) is 32.5 Å². The molecule has 1 aliphatic heterocycles. The number of nitrogens with two attached hydrogens (primary N) is 1. The first-order valence-corrected chi connectivity index (χ1v) is 8.03. The maximum atomic E-state index is 5.82. The van der Waals surface area contributed by atoms with E-state index in [1.165, 1.54) is 51.1 Å². The molecule has 1 atom stereocenters. The third-order valence-electron chi connectivity index (χ3n) is 4.47. The van der Waals surface area contributed by atoms with Crippen molar-refractivity contribution in [3.63, 3.8) is 0 Å². The predicted octanol–water partition coefficient (Wildman–Crippen LogP) is 2.62. The minimum atomic E-state index is 0.775. The smallest absolute Gasteiger partial charge is 0.0316 e. The van der Waals surface area contributed by atoms with E-state index in [0.717, 1.165) is 18.2 Å². The molecule has 1 aliphatic rings. The zero-order valence-corrected chi connectivity index (χ0v) is 13.0. The van der Waals surface area contributed by atoms with Crippen molar-refractivity contribution in [2.75, 3.05) is 38.5 Å². The molecule has 0 radical (unpaired) electrons. The molecule has 2 rings (SSSR count). The Hall–Kier alpha value is -1.06. The Kier molecular flexibility index (Phi) is 5.86. The van der Waals surface area contributed by atoms with E-state index in [9.17, 15) is 0 Å². The third kappa shape index (κ3) is 4.22. The highest BCUT2D eigenvalue weighted by atomic mass is 15.2. The molecule has 1 saturated heterocycles. The maximum absolute atomic E-state index is 5.82. The number of benzene rings is 1. The third-order valence-corrected chi connectivity index (χ3v) is 4.47. The monoisotopic (exact) mass is 275 g/mol. The van der Waals surface area contributed by atoms with Gasteiger partial charge in [-0.05, 0) is 63.1 Å². The SMILES string of the molecule is CCN(CC)C1CCN(CCCc2cccc(N)c2)C1. The second-order valence-corrected chi connectivity index (χ2v) is 5.81. The van der Waals surface area contributed by atoms with Gasteiger partial charge in [-0.2, -0.15) is 0 Å². The van der Waals surface area contributed by atoms with Gasteiger partial charge < -0.3 is 10.6 Å². The van der Waals surface area contributed by atoms with Crippen LogP contribution >= 0.6 is 0 Å². The summed E-state index contributed by atoms with van der Waals surface area (Å²) in [5.74, 6) is 0. The molecule has 3 heteroatoms. The molecule has 1 aromatic carbocycles. The summed E-state index contributed by atoms with van der Waals surface area (Å²) in [5, 5.41) is 0. The molecule has 0 bridgehead atoms. The number of hydrogen-bond donors (Lipinski definition) is 1. The van der Waals surface area contributed by atoms with Gasteiger partial charge in [0.05, 0.1) is 0 Å². The molecule has 1 fully saturated rings. The van der Waals surface area contributed by atoms with Crippen LogP contribution in [-0.4, -0.2) is 48.6 Å². The minimum absolute atomic E-state index is 0.775. The average Bonchev–Trinajstić information content (AvgIpc) is 2.89. The van der Waals surface area contributed by atoms with E-state index in [1.54, 1.807) is 0 Å². The van der Waals surface area contributed by atoms with Crippen molar-refractivity contribution in [2.24, 2.45) is 0 Å². The van der Waals surface area contributed by atoms with Crippen LogP contribution in [0.1, 0.15) is 32.3 Å². The van der Waals surface area contributed by atoms with Crippen molar-refractivity contribution < 1.29 is 0 Å². The number of likely N-dealkylation sites (N-methyl/N-ethyl adjacent to an activating group) is 1. The average molecular weight is 275 g/mol. The van der Waals surface area contributed by atoms with Crippen LogP contribution in [0.4, 0.5) is 5.69 Å². The molecular formula is C17H29N3. The number of nitrogens with zero attached hydrogens (tertiary/aromatic N) is 2. The Balaban J connectivity index is 1.71. The molecule has 1 heterocycles. The van der Waals surface area contributed by atoms with E-state index in [4.69, 9.17) is 5.73 Å². The largest absolute Gasteiger partial charge is 0.399 e. The lowest BCUT2D eigenvalue weighted by Gasteiger charge is -2.26. The molecule has 1 unspecified atom stereocenters. The Morgan fingerprint density at radius 1 is 1.30 bits per heavy atom. The number of rotatable bonds is 7. The first kappa shape index (κ1) is 15.3. The van der Waals surface area contributed by atoms with Crippen LogP contribution in [0.5, 0.6) is 0 Å². The Labute approximate surface area is 123 Å². The van der Waals surface area contributed by atoms with Gasteiger partial charge in [-0.25, -0.2) is 0 Å². The molecule has 0 spiro atoms. The van der Waals surface area contributed by atoms with Crippen molar-refractivity contribution in [2.45, 2.75) is 39.2 Å². The molecule has 20 heavy (non-hydrogen) atoms. The number of nitrogen functional groups attached to an aromatic ring is 1. The van der Waals surface area contributed by atoms with Gasteiger partial charge in [-0.3, -0.25) is 4.90 Å². The van der Waals surface area contributed by atoms with Gasteiger partial charge in [0.15, 0.2) is 0 Å². The fraction of sp³-hybridized carbons (Fsp3) is 0.647. The minimum Gasteiger partial charge on any atom is -0.399 e. The van der Waals surface area contributed by atoms with Crippen molar-refractivity contribution >= 4 is 5.69 Å². The Morgan fingerprint density at radius 2 is 2.10 bits per heavy atom. The molecule has 0 saturated carbocycles. The summed E-state index contributed by atoms with van der Waals surface area (Å²) in [6, 6.07) is 9.06. The molecule has 1 aromatic rings.